The van der Waals surface area contributed by atoms with Crippen molar-refractivity contribution in [1.29, 1.82) is 5.26 Å². The standard InChI is InChI=1S/C18H17N3/c1-20(2)16-8-6-14(7-9-16)11-17-12-15(13-19)18-5-3-4-10-21(17)18/h3-10,12H,11H2,1-2H3. The molecule has 0 radical (unpaired) electrons. The largest absolute Gasteiger partial charge is 0.378 e. The van der Waals surface area contributed by atoms with E-state index in [1.807, 2.05) is 44.6 Å². The maximum absolute atomic E-state index is 9.24. The Morgan fingerprint density at radius 1 is 1.10 bits per heavy atom. The average molecular weight is 275 g/mol. The van der Waals surface area contributed by atoms with Crippen molar-refractivity contribution in [2.75, 3.05) is 19.0 Å². The Bertz CT molecular complexity index is 805. The number of nitriles is 1. The Morgan fingerprint density at radius 3 is 2.52 bits per heavy atom. The number of pyridine rings is 1. The third-order valence-corrected chi connectivity index (χ3v) is 3.71. The molecule has 0 N–H and O–H groups in total. The molecule has 0 saturated heterocycles. The van der Waals surface area contributed by atoms with Gasteiger partial charge in [-0.25, -0.2) is 0 Å². The fourth-order valence-electron chi connectivity index (χ4n) is 2.57. The number of hydrogen-bond donors (Lipinski definition) is 0. The molecule has 2 heterocycles. The van der Waals surface area contributed by atoms with Crippen molar-refractivity contribution in [3.05, 3.63) is 71.5 Å². The van der Waals surface area contributed by atoms with Crippen molar-refractivity contribution in [2.24, 2.45) is 0 Å². The van der Waals surface area contributed by atoms with Gasteiger partial charge < -0.3 is 9.30 Å². The lowest BCUT2D eigenvalue weighted by Crippen LogP contribution is -2.08. The van der Waals surface area contributed by atoms with Gasteiger partial charge in [0.2, 0.25) is 0 Å². The molecular weight excluding hydrogens is 258 g/mol. The van der Waals surface area contributed by atoms with Crippen LogP contribution < -0.4 is 4.90 Å². The second kappa shape index (κ2) is 5.34. The highest BCUT2D eigenvalue weighted by Crippen LogP contribution is 2.20. The van der Waals surface area contributed by atoms with E-state index in [2.05, 4.69) is 39.6 Å². The second-order valence-corrected chi connectivity index (χ2v) is 5.35. The average Bonchev–Trinajstić information content (AvgIpc) is 2.86. The Labute approximate surface area is 124 Å². The van der Waals surface area contributed by atoms with Gasteiger partial charge in [0, 0.05) is 38.1 Å². The van der Waals surface area contributed by atoms with Gasteiger partial charge in [-0.1, -0.05) is 18.2 Å². The third-order valence-electron chi connectivity index (χ3n) is 3.71. The summed E-state index contributed by atoms with van der Waals surface area (Å²) in [6.45, 7) is 0. The molecule has 2 aromatic heterocycles. The number of aromatic nitrogens is 1. The van der Waals surface area contributed by atoms with Crippen LogP contribution in [0.2, 0.25) is 0 Å². The van der Waals surface area contributed by atoms with Gasteiger partial charge in [0.25, 0.3) is 0 Å². The molecule has 0 fully saturated rings. The highest BCUT2D eigenvalue weighted by molar-refractivity contribution is 5.63. The van der Waals surface area contributed by atoms with Crippen LogP contribution >= 0.6 is 0 Å². The Hall–Kier alpha value is -2.73. The molecule has 0 aliphatic heterocycles. The maximum atomic E-state index is 9.24. The first-order valence-corrected chi connectivity index (χ1v) is 6.94. The molecule has 3 heteroatoms. The van der Waals surface area contributed by atoms with E-state index in [1.54, 1.807) is 0 Å². The molecule has 3 aromatic rings. The molecule has 0 bridgehead atoms. The number of hydrogen-bond acceptors (Lipinski definition) is 2. The molecule has 0 spiro atoms. The fraction of sp³-hybridized carbons (Fsp3) is 0.167. The van der Waals surface area contributed by atoms with E-state index in [9.17, 15) is 5.26 Å². The highest BCUT2D eigenvalue weighted by atomic mass is 15.1. The lowest BCUT2D eigenvalue weighted by molar-refractivity contribution is 1.02. The first-order valence-electron chi connectivity index (χ1n) is 6.94. The third kappa shape index (κ3) is 2.48. The molecule has 104 valence electrons. The minimum Gasteiger partial charge on any atom is -0.378 e. The van der Waals surface area contributed by atoms with E-state index in [-0.39, 0.29) is 0 Å². The van der Waals surface area contributed by atoms with Gasteiger partial charge in [-0.3, -0.25) is 0 Å². The van der Waals surface area contributed by atoms with Gasteiger partial charge in [-0.15, -0.1) is 0 Å². The first-order chi connectivity index (χ1) is 10.2. The van der Waals surface area contributed by atoms with Crippen LogP contribution in [0.1, 0.15) is 16.8 Å². The van der Waals surface area contributed by atoms with E-state index in [0.717, 1.165) is 23.2 Å². The summed E-state index contributed by atoms with van der Waals surface area (Å²) in [4.78, 5) is 2.09. The molecule has 0 saturated carbocycles. The van der Waals surface area contributed by atoms with Crippen LogP contribution in [0.3, 0.4) is 0 Å². The van der Waals surface area contributed by atoms with E-state index >= 15 is 0 Å². The molecule has 3 nitrogen and oxygen atoms in total. The predicted octanol–water partition coefficient (Wildman–Crippen LogP) is 3.47. The molecule has 0 amide bonds. The lowest BCUT2D eigenvalue weighted by atomic mass is 10.1. The number of fused-ring (bicyclic) bond motifs is 1. The normalized spacial score (nSPS) is 10.5. The van der Waals surface area contributed by atoms with E-state index < -0.39 is 0 Å². The van der Waals surface area contributed by atoms with Crippen molar-refractivity contribution in [3.63, 3.8) is 0 Å². The lowest BCUT2D eigenvalue weighted by Gasteiger charge is -2.12. The number of anilines is 1. The Kier molecular flexibility index (Phi) is 3.37. The van der Waals surface area contributed by atoms with Gasteiger partial charge >= 0.3 is 0 Å². The number of nitrogens with zero attached hydrogens (tertiary/aromatic N) is 3. The molecule has 3 rings (SSSR count). The van der Waals surface area contributed by atoms with Gasteiger partial charge in [-0.2, -0.15) is 5.26 Å². The molecule has 0 atom stereocenters. The van der Waals surface area contributed by atoms with Crippen LogP contribution in [0, 0.1) is 11.3 Å². The minimum absolute atomic E-state index is 0.732. The van der Waals surface area contributed by atoms with Crippen molar-refractivity contribution in [2.45, 2.75) is 6.42 Å². The van der Waals surface area contributed by atoms with Crippen LogP contribution in [-0.2, 0) is 6.42 Å². The first kappa shape index (κ1) is 13.3. The zero-order valence-corrected chi connectivity index (χ0v) is 12.2. The summed E-state index contributed by atoms with van der Waals surface area (Å²) in [5.41, 5.74) is 5.28. The zero-order chi connectivity index (χ0) is 14.8. The van der Waals surface area contributed by atoms with Crippen LogP contribution in [0.4, 0.5) is 5.69 Å². The molecule has 1 aromatic carbocycles. The monoisotopic (exact) mass is 275 g/mol. The summed E-state index contributed by atoms with van der Waals surface area (Å²) in [5.74, 6) is 0. The van der Waals surface area contributed by atoms with Crippen LogP contribution in [-0.4, -0.2) is 18.5 Å². The second-order valence-electron chi connectivity index (χ2n) is 5.35. The quantitative estimate of drug-likeness (QED) is 0.733. The zero-order valence-electron chi connectivity index (χ0n) is 12.2. The maximum Gasteiger partial charge on any atom is 0.101 e. The van der Waals surface area contributed by atoms with Gasteiger partial charge in [-0.05, 0) is 35.9 Å². The summed E-state index contributed by atoms with van der Waals surface area (Å²) in [6, 6.07) is 18.7. The molecule has 0 aliphatic carbocycles. The highest BCUT2D eigenvalue weighted by Gasteiger charge is 2.08. The smallest absolute Gasteiger partial charge is 0.101 e. The van der Waals surface area contributed by atoms with Crippen LogP contribution in [0.5, 0.6) is 0 Å². The van der Waals surface area contributed by atoms with Crippen molar-refractivity contribution in [1.82, 2.24) is 4.40 Å². The molecule has 0 aliphatic rings. The van der Waals surface area contributed by atoms with Crippen molar-refractivity contribution >= 4 is 11.2 Å². The van der Waals surface area contributed by atoms with Gasteiger partial charge in [0.15, 0.2) is 0 Å². The number of benzene rings is 1. The summed E-state index contributed by atoms with van der Waals surface area (Å²) >= 11 is 0. The summed E-state index contributed by atoms with van der Waals surface area (Å²) in [7, 11) is 4.07. The summed E-state index contributed by atoms with van der Waals surface area (Å²) in [5, 5.41) is 9.24. The summed E-state index contributed by atoms with van der Waals surface area (Å²) in [6.07, 6.45) is 2.83. The predicted molar refractivity (Wildman–Crippen MR) is 85.7 cm³/mol. The number of rotatable bonds is 3. The minimum atomic E-state index is 0.732. The topological polar surface area (TPSA) is 31.4 Å². The summed E-state index contributed by atoms with van der Waals surface area (Å²) < 4.78 is 2.10. The van der Waals surface area contributed by atoms with Gasteiger partial charge in [0.1, 0.15) is 6.07 Å². The SMILES string of the molecule is CN(C)c1ccc(Cc2cc(C#N)c3ccccn23)cc1. The van der Waals surface area contributed by atoms with Crippen LogP contribution in [0.15, 0.2) is 54.7 Å². The fourth-order valence-corrected chi connectivity index (χ4v) is 2.57. The van der Waals surface area contributed by atoms with Crippen molar-refractivity contribution in [3.8, 4) is 6.07 Å². The van der Waals surface area contributed by atoms with E-state index in [0.29, 0.717) is 0 Å². The van der Waals surface area contributed by atoms with E-state index in [4.69, 9.17) is 0 Å². The molecular formula is C18H17N3. The molecule has 21 heavy (non-hydrogen) atoms. The Morgan fingerprint density at radius 2 is 1.86 bits per heavy atom. The molecule has 0 unspecified atom stereocenters. The van der Waals surface area contributed by atoms with Crippen molar-refractivity contribution < 1.29 is 0 Å². The van der Waals surface area contributed by atoms with Crippen LogP contribution in [0.25, 0.3) is 5.52 Å². The van der Waals surface area contributed by atoms with Gasteiger partial charge in [0.05, 0.1) is 11.1 Å². The Balaban J connectivity index is 1.97. The van der Waals surface area contributed by atoms with E-state index in [1.165, 1.54) is 11.3 Å².